The number of nitrogens with one attached hydrogen (secondary N) is 1. The number of aryl methyl sites for hydroxylation is 1. The Morgan fingerprint density at radius 2 is 1.75 bits per heavy atom. The molecule has 2 aromatic rings. The van der Waals surface area contributed by atoms with Gasteiger partial charge in [0.05, 0.1) is 0 Å². The smallest absolute Gasteiger partial charge is 0.126 e. The Kier molecular flexibility index (Phi) is 4.91. The molecule has 2 heteroatoms. The highest BCUT2D eigenvalue weighted by atomic mass is 19.1. The molecule has 1 atom stereocenters. The molecule has 1 unspecified atom stereocenters. The minimum absolute atomic E-state index is 0.134. The topological polar surface area (TPSA) is 12.0 Å². The van der Waals surface area contributed by atoms with Gasteiger partial charge in [0.25, 0.3) is 0 Å². The van der Waals surface area contributed by atoms with E-state index in [4.69, 9.17) is 0 Å². The third kappa shape index (κ3) is 3.67. The maximum atomic E-state index is 13.6. The van der Waals surface area contributed by atoms with Crippen molar-refractivity contribution < 1.29 is 4.39 Å². The largest absolute Gasteiger partial charge is 0.306 e. The van der Waals surface area contributed by atoms with E-state index >= 15 is 0 Å². The summed E-state index contributed by atoms with van der Waals surface area (Å²) in [4.78, 5) is 0. The standard InChI is InChI=1S/C18H22FN/c1-13(2)18(16-7-5-4-6-8-16)20-12-15-10-9-14(3)17(19)11-15/h4-11,13,18,20H,12H2,1-3H3. The molecule has 106 valence electrons. The molecular formula is C18H22FN. The second-order valence-corrected chi connectivity index (χ2v) is 5.60. The predicted octanol–water partition coefficient (Wildman–Crippen LogP) is 4.62. The van der Waals surface area contributed by atoms with Crippen LogP contribution in [0.1, 0.15) is 36.6 Å². The van der Waals surface area contributed by atoms with E-state index in [0.717, 1.165) is 5.56 Å². The second-order valence-electron chi connectivity index (χ2n) is 5.60. The van der Waals surface area contributed by atoms with Crippen molar-refractivity contribution in [2.75, 3.05) is 0 Å². The van der Waals surface area contributed by atoms with Gasteiger partial charge in [-0.25, -0.2) is 4.39 Å². The molecule has 0 aliphatic heterocycles. The van der Waals surface area contributed by atoms with Crippen molar-refractivity contribution in [2.45, 2.75) is 33.4 Å². The SMILES string of the molecule is Cc1ccc(CNC(c2ccccc2)C(C)C)cc1F. The zero-order valence-corrected chi connectivity index (χ0v) is 12.4. The Balaban J connectivity index is 2.08. The van der Waals surface area contributed by atoms with E-state index in [9.17, 15) is 4.39 Å². The zero-order valence-electron chi connectivity index (χ0n) is 12.4. The van der Waals surface area contributed by atoms with Gasteiger partial charge in [-0.1, -0.05) is 56.3 Å². The molecule has 1 N–H and O–H groups in total. The molecule has 0 heterocycles. The monoisotopic (exact) mass is 271 g/mol. The summed E-state index contributed by atoms with van der Waals surface area (Å²) in [5.74, 6) is 0.345. The third-order valence-corrected chi connectivity index (χ3v) is 3.59. The number of hydrogen-bond donors (Lipinski definition) is 1. The molecule has 0 saturated heterocycles. The van der Waals surface area contributed by atoms with Crippen molar-refractivity contribution in [3.05, 3.63) is 71.0 Å². The number of halogens is 1. The van der Waals surface area contributed by atoms with E-state index in [2.05, 4.69) is 43.4 Å². The van der Waals surface area contributed by atoms with Crippen LogP contribution in [-0.2, 0) is 6.54 Å². The van der Waals surface area contributed by atoms with Gasteiger partial charge in [0.2, 0.25) is 0 Å². The molecule has 0 aliphatic rings. The molecule has 20 heavy (non-hydrogen) atoms. The van der Waals surface area contributed by atoms with E-state index in [0.29, 0.717) is 18.0 Å². The molecule has 0 amide bonds. The minimum atomic E-state index is -0.134. The van der Waals surface area contributed by atoms with Gasteiger partial charge in [0.15, 0.2) is 0 Å². The lowest BCUT2D eigenvalue weighted by molar-refractivity contribution is 0.410. The van der Waals surface area contributed by atoms with Gasteiger partial charge in [0.1, 0.15) is 5.82 Å². The van der Waals surface area contributed by atoms with Gasteiger partial charge in [-0.3, -0.25) is 0 Å². The van der Waals surface area contributed by atoms with Crippen LogP contribution in [0.4, 0.5) is 4.39 Å². The highest BCUT2D eigenvalue weighted by Gasteiger charge is 2.14. The first-order chi connectivity index (χ1) is 9.58. The van der Waals surface area contributed by atoms with E-state index < -0.39 is 0 Å². The van der Waals surface area contributed by atoms with Gasteiger partial charge in [-0.05, 0) is 35.6 Å². The van der Waals surface area contributed by atoms with Crippen LogP contribution in [0, 0.1) is 18.7 Å². The van der Waals surface area contributed by atoms with Crippen molar-refractivity contribution in [1.29, 1.82) is 0 Å². The molecular weight excluding hydrogens is 249 g/mol. The maximum absolute atomic E-state index is 13.6. The van der Waals surface area contributed by atoms with Crippen LogP contribution in [0.15, 0.2) is 48.5 Å². The summed E-state index contributed by atoms with van der Waals surface area (Å²) in [6.07, 6.45) is 0. The van der Waals surface area contributed by atoms with Crippen molar-refractivity contribution in [2.24, 2.45) is 5.92 Å². The number of rotatable bonds is 5. The third-order valence-electron chi connectivity index (χ3n) is 3.59. The lowest BCUT2D eigenvalue weighted by atomic mass is 9.96. The number of benzene rings is 2. The fourth-order valence-corrected chi connectivity index (χ4v) is 2.37. The first-order valence-electron chi connectivity index (χ1n) is 7.11. The average molecular weight is 271 g/mol. The average Bonchev–Trinajstić information content (AvgIpc) is 2.44. The molecule has 0 radical (unpaired) electrons. The highest BCUT2D eigenvalue weighted by Crippen LogP contribution is 2.22. The van der Waals surface area contributed by atoms with Crippen LogP contribution in [-0.4, -0.2) is 0 Å². The van der Waals surface area contributed by atoms with E-state index in [-0.39, 0.29) is 11.9 Å². The van der Waals surface area contributed by atoms with Gasteiger partial charge in [-0.15, -0.1) is 0 Å². The molecule has 2 aromatic carbocycles. The van der Waals surface area contributed by atoms with E-state index in [1.807, 2.05) is 18.2 Å². The zero-order chi connectivity index (χ0) is 14.5. The fourth-order valence-electron chi connectivity index (χ4n) is 2.37. The Hall–Kier alpha value is -1.67. The van der Waals surface area contributed by atoms with E-state index in [1.54, 1.807) is 13.0 Å². The van der Waals surface area contributed by atoms with Gasteiger partial charge in [0, 0.05) is 12.6 Å². The van der Waals surface area contributed by atoms with Gasteiger partial charge in [-0.2, -0.15) is 0 Å². The summed E-state index contributed by atoms with van der Waals surface area (Å²) in [6, 6.07) is 16.1. The van der Waals surface area contributed by atoms with Crippen LogP contribution < -0.4 is 5.32 Å². The van der Waals surface area contributed by atoms with Gasteiger partial charge < -0.3 is 5.32 Å². The minimum Gasteiger partial charge on any atom is -0.306 e. The van der Waals surface area contributed by atoms with Crippen molar-refractivity contribution in [3.63, 3.8) is 0 Å². The molecule has 1 nitrogen and oxygen atoms in total. The van der Waals surface area contributed by atoms with Crippen LogP contribution in [0.25, 0.3) is 0 Å². The van der Waals surface area contributed by atoms with Crippen molar-refractivity contribution in [1.82, 2.24) is 5.32 Å². The van der Waals surface area contributed by atoms with E-state index in [1.165, 1.54) is 5.56 Å². The molecule has 0 saturated carbocycles. The molecule has 0 aliphatic carbocycles. The normalized spacial score (nSPS) is 12.7. The summed E-state index contributed by atoms with van der Waals surface area (Å²) < 4.78 is 13.6. The van der Waals surface area contributed by atoms with Gasteiger partial charge >= 0.3 is 0 Å². The van der Waals surface area contributed by atoms with Crippen LogP contribution in [0.3, 0.4) is 0 Å². The quantitative estimate of drug-likeness (QED) is 0.836. The Morgan fingerprint density at radius 1 is 1.05 bits per heavy atom. The Bertz CT molecular complexity index is 549. The summed E-state index contributed by atoms with van der Waals surface area (Å²) in [5, 5.41) is 3.53. The first-order valence-corrected chi connectivity index (χ1v) is 7.11. The Labute approximate surface area is 120 Å². The summed E-state index contributed by atoms with van der Waals surface area (Å²) in [5.41, 5.74) is 2.95. The van der Waals surface area contributed by atoms with Crippen LogP contribution >= 0.6 is 0 Å². The maximum Gasteiger partial charge on any atom is 0.126 e. The molecule has 0 aromatic heterocycles. The Morgan fingerprint density at radius 3 is 2.35 bits per heavy atom. The van der Waals surface area contributed by atoms with Crippen molar-refractivity contribution >= 4 is 0 Å². The lowest BCUT2D eigenvalue weighted by Gasteiger charge is -2.23. The summed E-state index contributed by atoms with van der Waals surface area (Å²) in [7, 11) is 0. The predicted molar refractivity (Wildman–Crippen MR) is 82.0 cm³/mol. The highest BCUT2D eigenvalue weighted by molar-refractivity contribution is 5.24. The van der Waals surface area contributed by atoms with Crippen LogP contribution in [0.5, 0.6) is 0 Å². The summed E-state index contributed by atoms with van der Waals surface area (Å²) >= 11 is 0. The van der Waals surface area contributed by atoms with Crippen molar-refractivity contribution in [3.8, 4) is 0 Å². The molecule has 0 fully saturated rings. The van der Waals surface area contributed by atoms with Crippen LogP contribution in [0.2, 0.25) is 0 Å². The first kappa shape index (κ1) is 14.7. The lowest BCUT2D eigenvalue weighted by Crippen LogP contribution is -2.25. The molecule has 2 rings (SSSR count). The number of hydrogen-bond acceptors (Lipinski definition) is 1. The summed E-state index contributed by atoms with van der Waals surface area (Å²) in [6.45, 7) is 6.85. The second kappa shape index (κ2) is 6.67. The molecule has 0 spiro atoms. The fraction of sp³-hybridized carbons (Fsp3) is 0.333. The molecule has 0 bridgehead atoms.